The van der Waals surface area contributed by atoms with Gasteiger partial charge < -0.3 is 5.32 Å². The van der Waals surface area contributed by atoms with Crippen LogP contribution < -0.4 is 5.32 Å². The third-order valence-electron chi connectivity index (χ3n) is 2.77. The summed E-state index contributed by atoms with van der Waals surface area (Å²) in [6.07, 6.45) is 3.99. The smallest absolute Gasteiger partial charge is 0.223 e. The number of aryl methyl sites for hydroxylation is 3. The molecule has 0 fully saturated rings. The van der Waals surface area contributed by atoms with E-state index in [2.05, 4.69) is 21.7 Å². The monoisotopic (exact) mass is 328 g/mol. The SMILES string of the molecule is CC(=O)Nc1nc(CCc2csc(CCCCl)c2)cs1. The van der Waals surface area contributed by atoms with Crippen LogP contribution in [0, 0.1) is 0 Å². The highest BCUT2D eigenvalue weighted by molar-refractivity contribution is 7.13. The first-order valence-corrected chi connectivity index (χ1v) is 8.81. The first-order chi connectivity index (χ1) is 9.67. The van der Waals surface area contributed by atoms with Gasteiger partial charge in [-0.2, -0.15) is 0 Å². The lowest BCUT2D eigenvalue weighted by molar-refractivity contribution is -0.114. The van der Waals surface area contributed by atoms with E-state index in [4.69, 9.17) is 11.6 Å². The second-order valence-corrected chi connectivity index (χ2v) is 6.77. The van der Waals surface area contributed by atoms with Crippen molar-refractivity contribution in [3.63, 3.8) is 0 Å². The van der Waals surface area contributed by atoms with Gasteiger partial charge in [0.15, 0.2) is 5.13 Å². The summed E-state index contributed by atoms with van der Waals surface area (Å²) in [5, 5.41) is 7.61. The van der Waals surface area contributed by atoms with Crippen molar-refractivity contribution in [1.82, 2.24) is 4.98 Å². The van der Waals surface area contributed by atoms with E-state index in [0.717, 1.165) is 37.3 Å². The highest BCUT2D eigenvalue weighted by Crippen LogP contribution is 2.20. The van der Waals surface area contributed by atoms with Crippen LogP contribution in [0.3, 0.4) is 0 Å². The fourth-order valence-electron chi connectivity index (χ4n) is 1.83. The molecule has 0 aliphatic heterocycles. The number of halogens is 1. The first kappa shape index (κ1) is 15.5. The van der Waals surface area contributed by atoms with Gasteiger partial charge in [-0.15, -0.1) is 34.3 Å². The van der Waals surface area contributed by atoms with Crippen LogP contribution in [-0.4, -0.2) is 16.8 Å². The number of nitrogens with zero attached hydrogens (tertiary/aromatic N) is 1. The average molecular weight is 329 g/mol. The van der Waals surface area contributed by atoms with Gasteiger partial charge in [-0.1, -0.05) is 0 Å². The molecule has 2 aromatic rings. The number of carbonyl (C=O) groups is 1. The van der Waals surface area contributed by atoms with Crippen molar-refractivity contribution in [2.45, 2.75) is 32.6 Å². The summed E-state index contributed by atoms with van der Waals surface area (Å²) in [6.45, 7) is 1.49. The highest BCUT2D eigenvalue weighted by Gasteiger charge is 2.05. The number of hydrogen-bond donors (Lipinski definition) is 1. The first-order valence-electron chi connectivity index (χ1n) is 6.51. The molecule has 2 aromatic heterocycles. The predicted molar refractivity (Wildman–Crippen MR) is 87.2 cm³/mol. The molecule has 0 unspecified atom stereocenters. The molecule has 0 radical (unpaired) electrons. The third kappa shape index (κ3) is 4.89. The summed E-state index contributed by atoms with van der Waals surface area (Å²) < 4.78 is 0. The van der Waals surface area contributed by atoms with Gasteiger partial charge in [0.05, 0.1) is 5.69 Å². The van der Waals surface area contributed by atoms with E-state index in [9.17, 15) is 4.79 Å². The van der Waals surface area contributed by atoms with Crippen molar-refractivity contribution in [2.24, 2.45) is 0 Å². The van der Waals surface area contributed by atoms with E-state index in [-0.39, 0.29) is 5.91 Å². The zero-order valence-electron chi connectivity index (χ0n) is 11.3. The van der Waals surface area contributed by atoms with Crippen molar-refractivity contribution in [3.05, 3.63) is 33.0 Å². The number of amides is 1. The fourth-order valence-corrected chi connectivity index (χ4v) is 3.73. The van der Waals surface area contributed by atoms with Gasteiger partial charge in [0.25, 0.3) is 0 Å². The maximum absolute atomic E-state index is 10.9. The summed E-state index contributed by atoms with van der Waals surface area (Å²) in [5.41, 5.74) is 2.39. The maximum atomic E-state index is 10.9. The van der Waals surface area contributed by atoms with E-state index < -0.39 is 0 Å². The number of rotatable bonds is 7. The molecule has 0 saturated carbocycles. The van der Waals surface area contributed by atoms with Gasteiger partial charge in [0.2, 0.25) is 5.91 Å². The standard InChI is InChI=1S/C14H17ClN2OS2/c1-10(18)16-14-17-12(9-20-14)5-4-11-7-13(19-8-11)3-2-6-15/h7-9H,2-6H2,1H3,(H,16,17,18). The number of nitrogens with one attached hydrogen (secondary N) is 1. The second kappa shape index (κ2) is 7.76. The molecule has 0 spiro atoms. The Kier molecular flexibility index (Phi) is 6.01. The lowest BCUT2D eigenvalue weighted by atomic mass is 10.1. The molecule has 0 aromatic carbocycles. The van der Waals surface area contributed by atoms with Crippen LogP contribution in [-0.2, 0) is 24.1 Å². The van der Waals surface area contributed by atoms with Gasteiger partial charge in [-0.25, -0.2) is 4.98 Å². The molecule has 2 rings (SSSR count). The molecule has 108 valence electrons. The molecule has 0 saturated heterocycles. The molecule has 3 nitrogen and oxygen atoms in total. The normalized spacial score (nSPS) is 10.7. The summed E-state index contributed by atoms with van der Waals surface area (Å²) >= 11 is 8.98. The topological polar surface area (TPSA) is 42.0 Å². The minimum absolute atomic E-state index is 0.0762. The Bertz CT molecular complexity index is 565. The molecule has 2 heterocycles. The molecular weight excluding hydrogens is 312 g/mol. The van der Waals surface area contributed by atoms with Gasteiger partial charge in [-0.05, 0) is 42.7 Å². The minimum atomic E-state index is -0.0762. The van der Waals surface area contributed by atoms with Crippen LogP contribution >= 0.6 is 34.3 Å². The molecule has 1 amide bonds. The average Bonchev–Trinajstić information content (AvgIpc) is 3.02. The van der Waals surface area contributed by atoms with Crippen LogP contribution in [0.25, 0.3) is 0 Å². The molecule has 0 aliphatic carbocycles. The maximum Gasteiger partial charge on any atom is 0.223 e. The summed E-state index contributed by atoms with van der Waals surface area (Å²) in [7, 11) is 0. The van der Waals surface area contributed by atoms with E-state index >= 15 is 0 Å². The van der Waals surface area contributed by atoms with E-state index in [1.54, 1.807) is 11.3 Å². The van der Waals surface area contributed by atoms with Crippen LogP contribution in [0.1, 0.15) is 29.5 Å². The Morgan fingerprint density at radius 2 is 2.15 bits per heavy atom. The van der Waals surface area contributed by atoms with Crippen molar-refractivity contribution >= 4 is 45.3 Å². The number of thiazole rings is 1. The lowest BCUT2D eigenvalue weighted by Gasteiger charge is -1.96. The number of thiophene rings is 1. The van der Waals surface area contributed by atoms with Crippen molar-refractivity contribution in [3.8, 4) is 0 Å². The van der Waals surface area contributed by atoms with Gasteiger partial charge >= 0.3 is 0 Å². The van der Waals surface area contributed by atoms with Crippen LogP contribution in [0.5, 0.6) is 0 Å². The molecule has 6 heteroatoms. The van der Waals surface area contributed by atoms with Crippen LogP contribution in [0.15, 0.2) is 16.8 Å². The molecular formula is C14H17ClN2OS2. The van der Waals surface area contributed by atoms with Gasteiger partial charge in [-0.3, -0.25) is 4.79 Å². The Balaban J connectivity index is 1.83. The number of anilines is 1. The lowest BCUT2D eigenvalue weighted by Crippen LogP contribution is -2.05. The number of hydrogen-bond acceptors (Lipinski definition) is 4. The molecule has 0 aliphatic rings. The summed E-state index contributed by atoms with van der Waals surface area (Å²) in [5.74, 6) is 0.644. The fraction of sp³-hybridized carbons (Fsp3) is 0.429. The third-order valence-corrected chi connectivity index (χ3v) is 4.89. The zero-order valence-corrected chi connectivity index (χ0v) is 13.7. The van der Waals surface area contributed by atoms with Crippen LogP contribution in [0.4, 0.5) is 5.13 Å². The molecule has 0 atom stereocenters. The molecule has 0 bridgehead atoms. The van der Waals surface area contributed by atoms with E-state index in [1.165, 1.54) is 28.7 Å². The Morgan fingerprint density at radius 3 is 2.90 bits per heavy atom. The zero-order chi connectivity index (χ0) is 14.4. The predicted octanol–water partition coefficient (Wildman–Crippen LogP) is 4.12. The number of carbonyl (C=O) groups excluding carboxylic acids is 1. The number of alkyl halides is 1. The van der Waals surface area contributed by atoms with Gasteiger partial charge in [0, 0.05) is 23.1 Å². The Hall–Kier alpha value is -0.910. The van der Waals surface area contributed by atoms with Crippen molar-refractivity contribution < 1.29 is 4.79 Å². The van der Waals surface area contributed by atoms with Crippen LogP contribution in [0.2, 0.25) is 0 Å². The number of aromatic nitrogens is 1. The van der Waals surface area contributed by atoms with E-state index in [0.29, 0.717) is 5.13 Å². The Morgan fingerprint density at radius 1 is 1.30 bits per heavy atom. The van der Waals surface area contributed by atoms with Crippen molar-refractivity contribution in [2.75, 3.05) is 11.2 Å². The quantitative estimate of drug-likeness (QED) is 0.777. The second-order valence-electron chi connectivity index (χ2n) is 4.54. The minimum Gasteiger partial charge on any atom is -0.302 e. The Labute approximate surface area is 132 Å². The van der Waals surface area contributed by atoms with Crippen molar-refractivity contribution in [1.29, 1.82) is 0 Å². The summed E-state index contributed by atoms with van der Waals surface area (Å²) in [6, 6.07) is 2.26. The molecule has 20 heavy (non-hydrogen) atoms. The largest absolute Gasteiger partial charge is 0.302 e. The van der Waals surface area contributed by atoms with E-state index in [1.807, 2.05) is 5.38 Å². The highest BCUT2D eigenvalue weighted by atomic mass is 35.5. The van der Waals surface area contributed by atoms with Gasteiger partial charge in [0.1, 0.15) is 0 Å². The molecule has 1 N–H and O–H groups in total. The summed E-state index contributed by atoms with van der Waals surface area (Å²) in [4.78, 5) is 16.7.